The molecule has 0 aliphatic rings. The maximum Gasteiger partial charge on any atom is 0.191 e. The predicted molar refractivity (Wildman–Crippen MR) is 111 cm³/mol. The number of aliphatic imine (C=N–C) groups is 1. The third kappa shape index (κ3) is 5.76. The van der Waals surface area contributed by atoms with Gasteiger partial charge in [-0.1, -0.05) is 12.1 Å². The Hall–Kier alpha value is -2.47. The Morgan fingerprint density at radius 1 is 1.19 bits per heavy atom. The maximum atomic E-state index is 10.9. The van der Waals surface area contributed by atoms with E-state index in [1.807, 2.05) is 40.9 Å². The van der Waals surface area contributed by atoms with Crippen molar-refractivity contribution in [2.75, 3.05) is 32.1 Å². The lowest BCUT2D eigenvalue weighted by Gasteiger charge is -2.24. The van der Waals surface area contributed by atoms with Crippen LogP contribution in [-0.2, 0) is 12.1 Å². The average molecular weight is 373 g/mol. The summed E-state index contributed by atoms with van der Waals surface area (Å²) in [5.74, 6) is 2.21. The molecule has 6 heteroatoms. The van der Waals surface area contributed by atoms with Crippen molar-refractivity contribution >= 4 is 11.6 Å². The monoisotopic (exact) mass is 372 g/mol. The van der Waals surface area contributed by atoms with Crippen LogP contribution in [0, 0.1) is 13.8 Å². The maximum absolute atomic E-state index is 10.9. The Kier molecular flexibility index (Phi) is 6.91. The Morgan fingerprint density at radius 3 is 2.37 bits per heavy atom. The van der Waals surface area contributed by atoms with Crippen molar-refractivity contribution in [2.24, 2.45) is 4.99 Å². The van der Waals surface area contributed by atoms with Crippen molar-refractivity contribution in [3.05, 3.63) is 53.0 Å². The number of aryl methyl sites for hydroxylation is 2. The average Bonchev–Trinajstić information content (AvgIpc) is 2.97. The number of aliphatic hydroxyl groups is 1. The summed E-state index contributed by atoms with van der Waals surface area (Å²) >= 11 is 0. The van der Waals surface area contributed by atoms with E-state index in [0.717, 1.165) is 34.9 Å². The van der Waals surface area contributed by atoms with Crippen molar-refractivity contribution in [3.8, 4) is 0 Å². The molecule has 0 fully saturated rings. The lowest BCUT2D eigenvalue weighted by molar-refractivity contribution is 0.0601. The van der Waals surface area contributed by atoms with E-state index in [-0.39, 0.29) is 0 Å². The third-order valence-electron chi connectivity index (χ3n) is 4.44. The number of furan rings is 1. The van der Waals surface area contributed by atoms with Gasteiger partial charge in [-0.2, -0.15) is 0 Å². The number of rotatable bonds is 7. The first kappa shape index (κ1) is 20.8. The molecular formula is C21H32N4O2. The van der Waals surface area contributed by atoms with E-state index in [9.17, 15) is 5.11 Å². The molecular weight excluding hydrogens is 340 g/mol. The quantitative estimate of drug-likeness (QED) is 0.515. The van der Waals surface area contributed by atoms with Crippen molar-refractivity contribution in [3.63, 3.8) is 0 Å². The van der Waals surface area contributed by atoms with Crippen LogP contribution in [0.5, 0.6) is 0 Å². The fraction of sp³-hybridized carbons (Fsp3) is 0.476. The number of nitrogens with zero attached hydrogens (tertiary/aromatic N) is 2. The molecule has 6 nitrogen and oxygen atoms in total. The van der Waals surface area contributed by atoms with Gasteiger partial charge in [0.05, 0.1) is 13.1 Å². The van der Waals surface area contributed by atoms with E-state index in [0.29, 0.717) is 19.0 Å². The highest BCUT2D eigenvalue weighted by Crippen LogP contribution is 2.26. The van der Waals surface area contributed by atoms with Gasteiger partial charge < -0.3 is 25.1 Å². The zero-order valence-corrected chi connectivity index (χ0v) is 17.3. The van der Waals surface area contributed by atoms with Gasteiger partial charge in [0.15, 0.2) is 5.96 Å². The van der Waals surface area contributed by atoms with Gasteiger partial charge in [-0.15, -0.1) is 0 Å². The predicted octanol–water partition coefficient (Wildman–Crippen LogP) is 2.93. The van der Waals surface area contributed by atoms with Gasteiger partial charge in [0.1, 0.15) is 17.1 Å². The second-order valence-electron chi connectivity index (χ2n) is 7.21. The molecule has 0 saturated carbocycles. The molecule has 0 aliphatic heterocycles. The summed E-state index contributed by atoms with van der Waals surface area (Å²) in [6, 6.07) is 10.2. The Balaban J connectivity index is 2.03. The Bertz CT molecular complexity index is 761. The minimum atomic E-state index is -1.05. The summed E-state index contributed by atoms with van der Waals surface area (Å²) in [6.45, 7) is 9.19. The van der Waals surface area contributed by atoms with Gasteiger partial charge in [0.2, 0.25) is 0 Å². The number of guanidine groups is 1. The largest absolute Gasteiger partial charge is 0.466 e. The van der Waals surface area contributed by atoms with Crippen LogP contribution in [0.1, 0.15) is 36.5 Å². The summed E-state index contributed by atoms with van der Waals surface area (Å²) in [4.78, 5) is 6.70. The number of hydrogen-bond donors (Lipinski definition) is 3. The summed E-state index contributed by atoms with van der Waals surface area (Å²) in [5, 5.41) is 17.3. The van der Waals surface area contributed by atoms with Crippen molar-refractivity contribution in [1.29, 1.82) is 0 Å². The third-order valence-corrected chi connectivity index (χ3v) is 4.44. The molecule has 0 bridgehead atoms. The number of anilines is 1. The highest BCUT2D eigenvalue weighted by molar-refractivity contribution is 5.79. The van der Waals surface area contributed by atoms with Crippen LogP contribution in [-0.4, -0.2) is 38.3 Å². The van der Waals surface area contributed by atoms with Gasteiger partial charge in [-0.05, 0) is 51.5 Å². The Morgan fingerprint density at radius 2 is 1.85 bits per heavy atom. The van der Waals surface area contributed by atoms with Gasteiger partial charge in [-0.3, -0.25) is 0 Å². The van der Waals surface area contributed by atoms with Crippen LogP contribution in [0.15, 0.2) is 39.7 Å². The van der Waals surface area contributed by atoms with Crippen molar-refractivity contribution in [1.82, 2.24) is 10.6 Å². The second-order valence-corrected chi connectivity index (χ2v) is 7.21. The highest BCUT2D eigenvalue weighted by Gasteiger charge is 2.27. The molecule has 1 heterocycles. The molecule has 148 valence electrons. The van der Waals surface area contributed by atoms with E-state index in [1.54, 1.807) is 6.92 Å². The molecule has 0 aliphatic carbocycles. The van der Waals surface area contributed by atoms with Crippen LogP contribution in [0.2, 0.25) is 0 Å². The van der Waals surface area contributed by atoms with Gasteiger partial charge in [0, 0.05) is 31.9 Å². The first-order valence-electron chi connectivity index (χ1n) is 9.31. The second kappa shape index (κ2) is 8.95. The molecule has 0 amide bonds. The van der Waals surface area contributed by atoms with Crippen LogP contribution in [0.4, 0.5) is 5.69 Å². The Labute approximate surface area is 162 Å². The van der Waals surface area contributed by atoms with Crippen molar-refractivity contribution < 1.29 is 9.52 Å². The highest BCUT2D eigenvalue weighted by atomic mass is 16.3. The van der Waals surface area contributed by atoms with E-state index in [4.69, 9.17) is 4.42 Å². The van der Waals surface area contributed by atoms with E-state index >= 15 is 0 Å². The number of nitrogens with one attached hydrogen (secondary N) is 2. The summed E-state index contributed by atoms with van der Waals surface area (Å²) in [5.41, 5.74) is 2.04. The van der Waals surface area contributed by atoms with E-state index in [2.05, 4.69) is 44.8 Å². The van der Waals surface area contributed by atoms with Crippen LogP contribution in [0.3, 0.4) is 0 Å². The van der Waals surface area contributed by atoms with Gasteiger partial charge in [0.25, 0.3) is 0 Å². The van der Waals surface area contributed by atoms with Crippen molar-refractivity contribution in [2.45, 2.75) is 39.8 Å². The van der Waals surface area contributed by atoms with Gasteiger partial charge in [-0.25, -0.2) is 4.99 Å². The molecule has 0 radical (unpaired) electrons. The first-order valence-corrected chi connectivity index (χ1v) is 9.31. The molecule has 2 aromatic rings. The molecule has 2 rings (SSSR count). The number of benzene rings is 1. The van der Waals surface area contributed by atoms with Crippen LogP contribution >= 0.6 is 0 Å². The van der Waals surface area contributed by atoms with Crippen LogP contribution in [0.25, 0.3) is 0 Å². The van der Waals surface area contributed by atoms with E-state index < -0.39 is 5.60 Å². The summed E-state index contributed by atoms with van der Waals surface area (Å²) in [7, 11) is 4.05. The molecule has 0 spiro atoms. The first-order chi connectivity index (χ1) is 12.7. The molecule has 1 aromatic carbocycles. The topological polar surface area (TPSA) is 73.0 Å². The fourth-order valence-corrected chi connectivity index (χ4v) is 2.93. The summed E-state index contributed by atoms with van der Waals surface area (Å²) < 4.78 is 5.55. The standard InChI is InChI=1S/C21H32N4O2/c1-7-22-20(23-13-17-8-10-18(11-9-17)25(5)6)24-14-21(4,26)19-12-15(2)27-16(19)3/h8-12,26H,7,13-14H2,1-6H3,(H2,22,23,24). The molecule has 1 unspecified atom stereocenters. The van der Waals surface area contributed by atoms with Gasteiger partial charge >= 0.3 is 0 Å². The molecule has 3 N–H and O–H groups in total. The fourth-order valence-electron chi connectivity index (χ4n) is 2.93. The summed E-state index contributed by atoms with van der Waals surface area (Å²) in [6.07, 6.45) is 0. The SMILES string of the molecule is CCNC(=NCc1ccc(N(C)C)cc1)NCC(C)(O)c1cc(C)oc1C. The smallest absolute Gasteiger partial charge is 0.191 e. The normalized spacial score (nSPS) is 14.0. The minimum absolute atomic E-state index is 0.332. The van der Waals surface area contributed by atoms with E-state index in [1.165, 1.54) is 0 Å². The number of hydrogen-bond acceptors (Lipinski definition) is 4. The lowest BCUT2D eigenvalue weighted by Crippen LogP contribution is -2.44. The minimum Gasteiger partial charge on any atom is -0.466 e. The molecule has 1 aromatic heterocycles. The zero-order valence-electron chi connectivity index (χ0n) is 17.3. The molecule has 1 atom stereocenters. The molecule has 0 saturated heterocycles. The van der Waals surface area contributed by atoms with Crippen LogP contribution < -0.4 is 15.5 Å². The lowest BCUT2D eigenvalue weighted by atomic mass is 9.96. The molecule has 27 heavy (non-hydrogen) atoms. The zero-order chi connectivity index (χ0) is 20.0.